The van der Waals surface area contributed by atoms with Crippen LogP contribution >= 0.6 is 22.9 Å². The molecular formula is C21H17ClN4O3S. The number of hydrogen-bond donors (Lipinski definition) is 2. The molecule has 0 radical (unpaired) electrons. The number of thiazole rings is 1. The number of rotatable bonds is 5. The fraction of sp³-hybridized carbons (Fsp3) is 0.143. The van der Waals surface area contributed by atoms with Gasteiger partial charge in [0.1, 0.15) is 0 Å². The van der Waals surface area contributed by atoms with Crippen LogP contribution < -0.4 is 16.4 Å². The van der Waals surface area contributed by atoms with Gasteiger partial charge in [-0.2, -0.15) is 0 Å². The summed E-state index contributed by atoms with van der Waals surface area (Å²) in [6.07, 6.45) is 2.33. The van der Waals surface area contributed by atoms with Gasteiger partial charge in [-0.15, -0.1) is 11.3 Å². The van der Waals surface area contributed by atoms with Crippen molar-refractivity contribution in [1.29, 1.82) is 0 Å². The van der Waals surface area contributed by atoms with Gasteiger partial charge in [-0.25, -0.2) is 4.98 Å². The minimum atomic E-state index is -0.717. The van der Waals surface area contributed by atoms with E-state index in [1.165, 1.54) is 15.9 Å². The van der Waals surface area contributed by atoms with Crippen molar-refractivity contribution in [1.82, 2.24) is 14.5 Å². The maximum atomic E-state index is 12.7. The van der Waals surface area contributed by atoms with Gasteiger partial charge in [-0.05, 0) is 36.8 Å². The molecule has 2 N–H and O–H groups in total. The molecule has 30 heavy (non-hydrogen) atoms. The van der Waals surface area contributed by atoms with Crippen LogP contribution in [0.2, 0.25) is 5.02 Å². The maximum absolute atomic E-state index is 12.7. The Kier molecular flexibility index (Phi) is 5.52. The van der Waals surface area contributed by atoms with Crippen LogP contribution in [0.3, 0.4) is 0 Å². The third-order valence-electron chi connectivity index (χ3n) is 4.65. The molecule has 0 aliphatic heterocycles. The molecule has 2 heterocycles. The number of aryl methyl sites for hydroxylation is 1. The molecule has 2 aromatic carbocycles. The molecule has 0 bridgehead atoms. The largest absolute Gasteiger partial charge is 0.316 e. The molecule has 0 aliphatic carbocycles. The molecule has 4 rings (SSSR count). The van der Waals surface area contributed by atoms with Crippen molar-refractivity contribution < 1.29 is 4.79 Å². The van der Waals surface area contributed by atoms with Crippen LogP contribution in [-0.2, 0) is 13.0 Å². The quantitative estimate of drug-likeness (QED) is 0.463. The summed E-state index contributed by atoms with van der Waals surface area (Å²) in [6, 6.07) is 12.4. The molecule has 0 spiro atoms. The van der Waals surface area contributed by atoms with Gasteiger partial charge in [0.05, 0.1) is 11.0 Å². The number of aromatic nitrogens is 3. The van der Waals surface area contributed by atoms with Gasteiger partial charge in [0.2, 0.25) is 0 Å². The number of anilines is 1. The van der Waals surface area contributed by atoms with E-state index in [0.717, 1.165) is 10.4 Å². The summed E-state index contributed by atoms with van der Waals surface area (Å²) in [6.45, 7) is 2.14. The van der Waals surface area contributed by atoms with Crippen molar-refractivity contribution in [2.75, 3.05) is 5.32 Å². The Morgan fingerprint density at radius 1 is 1.23 bits per heavy atom. The van der Waals surface area contributed by atoms with E-state index in [4.69, 9.17) is 11.6 Å². The number of H-pyrrole nitrogens is 1. The fourth-order valence-corrected chi connectivity index (χ4v) is 4.21. The van der Waals surface area contributed by atoms with Crippen LogP contribution in [0.4, 0.5) is 5.13 Å². The Labute approximate surface area is 180 Å². The zero-order valence-corrected chi connectivity index (χ0v) is 17.5. The van der Waals surface area contributed by atoms with Gasteiger partial charge in [-0.1, -0.05) is 29.8 Å². The Bertz CT molecular complexity index is 1370. The summed E-state index contributed by atoms with van der Waals surface area (Å²) < 4.78 is 1.37. The SMILES string of the molecule is CCn1c(=O)c(=O)[nH]c2cc(C(=O)Nc3ncc(Cc4ccccc4Cl)s3)ccc21. The molecule has 9 heteroatoms. The van der Waals surface area contributed by atoms with Gasteiger partial charge in [-0.3, -0.25) is 19.7 Å². The average Bonchev–Trinajstić information content (AvgIpc) is 3.17. The number of carbonyl (C=O) groups excluding carboxylic acids is 1. The Hall–Kier alpha value is -3.23. The number of carbonyl (C=O) groups is 1. The molecule has 152 valence electrons. The predicted molar refractivity (Wildman–Crippen MR) is 119 cm³/mol. The number of hydrogen-bond acceptors (Lipinski definition) is 5. The Morgan fingerprint density at radius 3 is 2.80 bits per heavy atom. The van der Waals surface area contributed by atoms with Crippen LogP contribution in [0, 0.1) is 0 Å². The van der Waals surface area contributed by atoms with Gasteiger partial charge >= 0.3 is 11.1 Å². The van der Waals surface area contributed by atoms with Crippen molar-refractivity contribution in [3.63, 3.8) is 0 Å². The van der Waals surface area contributed by atoms with E-state index >= 15 is 0 Å². The molecule has 7 nitrogen and oxygen atoms in total. The third-order valence-corrected chi connectivity index (χ3v) is 5.93. The summed E-state index contributed by atoms with van der Waals surface area (Å²) in [5.41, 5.74) is 0.994. The smallest absolute Gasteiger partial charge is 0.316 e. The first kappa shape index (κ1) is 20.1. The summed E-state index contributed by atoms with van der Waals surface area (Å²) in [5, 5.41) is 3.93. The highest BCUT2D eigenvalue weighted by Crippen LogP contribution is 2.25. The third kappa shape index (κ3) is 3.92. The van der Waals surface area contributed by atoms with Gasteiger partial charge in [0, 0.05) is 34.6 Å². The second kappa shape index (κ2) is 8.25. The van der Waals surface area contributed by atoms with Crippen molar-refractivity contribution in [3.05, 3.63) is 90.4 Å². The lowest BCUT2D eigenvalue weighted by Gasteiger charge is -2.08. The Balaban J connectivity index is 1.56. The number of halogens is 1. The van der Waals surface area contributed by atoms with Gasteiger partial charge in [0.15, 0.2) is 5.13 Å². The standard InChI is InChI=1S/C21H17ClN4O3S/c1-2-26-17-8-7-13(10-16(17)24-19(28)20(26)29)18(27)25-21-23-11-14(30-21)9-12-5-3-4-6-15(12)22/h3-8,10-11H,2,9H2,1H3,(H,24,28)(H,23,25,27). The van der Waals surface area contributed by atoms with E-state index in [1.807, 2.05) is 24.3 Å². The number of benzene rings is 2. The summed E-state index contributed by atoms with van der Waals surface area (Å²) in [7, 11) is 0. The molecular weight excluding hydrogens is 424 g/mol. The first-order chi connectivity index (χ1) is 14.5. The monoisotopic (exact) mass is 440 g/mol. The predicted octanol–water partition coefficient (Wildman–Crippen LogP) is 3.66. The summed E-state index contributed by atoms with van der Waals surface area (Å²) in [5.74, 6) is -0.356. The van der Waals surface area contributed by atoms with Crippen molar-refractivity contribution in [2.45, 2.75) is 19.9 Å². The summed E-state index contributed by atoms with van der Waals surface area (Å²) >= 11 is 7.57. The molecule has 1 amide bonds. The molecule has 0 atom stereocenters. The van der Waals surface area contributed by atoms with Crippen molar-refractivity contribution >= 4 is 45.0 Å². The number of fused-ring (bicyclic) bond motifs is 1. The van der Waals surface area contributed by atoms with Crippen LogP contribution in [0.1, 0.15) is 27.7 Å². The number of nitrogens with zero attached hydrogens (tertiary/aromatic N) is 2. The van der Waals surface area contributed by atoms with Crippen molar-refractivity contribution in [3.8, 4) is 0 Å². The topological polar surface area (TPSA) is 96.9 Å². The first-order valence-electron chi connectivity index (χ1n) is 9.22. The first-order valence-corrected chi connectivity index (χ1v) is 10.4. The molecule has 2 aromatic heterocycles. The van der Waals surface area contributed by atoms with E-state index < -0.39 is 11.1 Å². The van der Waals surface area contributed by atoms with Crippen molar-refractivity contribution in [2.24, 2.45) is 0 Å². The molecule has 0 aliphatic rings. The zero-order valence-electron chi connectivity index (χ0n) is 15.9. The normalized spacial score (nSPS) is 11.0. The zero-order chi connectivity index (χ0) is 21.3. The van der Waals surface area contributed by atoms with Gasteiger partial charge < -0.3 is 9.55 Å². The minimum Gasteiger partial charge on any atom is -0.316 e. The van der Waals surface area contributed by atoms with E-state index in [2.05, 4.69) is 15.3 Å². The molecule has 4 aromatic rings. The highest BCUT2D eigenvalue weighted by molar-refractivity contribution is 7.15. The van der Waals surface area contributed by atoms with Crippen LogP contribution in [0.5, 0.6) is 0 Å². The second-order valence-electron chi connectivity index (χ2n) is 6.59. The van der Waals surface area contributed by atoms with Crippen LogP contribution in [0.15, 0.2) is 58.3 Å². The molecule has 0 unspecified atom stereocenters. The van der Waals surface area contributed by atoms with E-state index in [0.29, 0.717) is 39.7 Å². The minimum absolute atomic E-state index is 0.349. The van der Waals surface area contributed by atoms with E-state index in [-0.39, 0.29) is 5.91 Å². The molecule has 0 saturated carbocycles. The highest BCUT2D eigenvalue weighted by atomic mass is 35.5. The van der Waals surface area contributed by atoms with Gasteiger partial charge in [0.25, 0.3) is 5.91 Å². The highest BCUT2D eigenvalue weighted by Gasteiger charge is 2.13. The van der Waals surface area contributed by atoms with E-state index in [1.54, 1.807) is 31.3 Å². The number of amides is 1. The summed E-state index contributed by atoms with van der Waals surface area (Å²) in [4.78, 5) is 44.2. The maximum Gasteiger partial charge on any atom is 0.316 e. The number of nitrogens with one attached hydrogen (secondary N) is 2. The lowest BCUT2D eigenvalue weighted by Crippen LogP contribution is -2.36. The molecule has 0 fully saturated rings. The lowest BCUT2D eigenvalue weighted by atomic mass is 10.1. The fourth-order valence-electron chi connectivity index (χ4n) is 3.18. The van der Waals surface area contributed by atoms with Crippen LogP contribution in [-0.4, -0.2) is 20.4 Å². The lowest BCUT2D eigenvalue weighted by molar-refractivity contribution is 0.102. The Morgan fingerprint density at radius 2 is 2.03 bits per heavy atom. The van der Waals surface area contributed by atoms with Crippen LogP contribution in [0.25, 0.3) is 11.0 Å². The average molecular weight is 441 g/mol. The van der Waals surface area contributed by atoms with E-state index in [9.17, 15) is 14.4 Å². The molecule has 0 saturated heterocycles. The second-order valence-corrected chi connectivity index (χ2v) is 8.11. The number of aromatic amines is 1.